The SMILES string of the molecule is CN(C)C1CCCN(CC(O)CN2CCNCC2)C1. The zero-order chi connectivity index (χ0) is 13.7. The van der Waals surface area contributed by atoms with Gasteiger partial charge in [-0.3, -0.25) is 9.80 Å². The molecule has 2 unspecified atom stereocenters. The van der Waals surface area contributed by atoms with Crippen molar-refractivity contribution in [2.24, 2.45) is 0 Å². The van der Waals surface area contributed by atoms with E-state index in [1.165, 1.54) is 12.8 Å². The van der Waals surface area contributed by atoms with E-state index in [0.29, 0.717) is 6.04 Å². The Morgan fingerprint density at radius 2 is 1.84 bits per heavy atom. The van der Waals surface area contributed by atoms with Crippen LogP contribution in [0.1, 0.15) is 12.8 Å². The van der Waals surface area contributed by atoms with Crippen LogP contribution < -0.4 is 5.32 Å². The molecule has 0 amide bonds. The topological polar surface area (TPSA) is 42.0 Å². The Bertz CT molecular complexity index is 256. The number of aliphatic hydroxyl groups excluding tert-OH is 1. The van der Waals surface area contributed by atoms with Gasteiger partial charge in [0.25, 0.3) is 0 Å². The monoisotopic (exact) mass is 270 g/mol. The van der Waals surface area contributed by atoms with Crippen molar-refractivity contribution in [3.05, 3.63) is 0 Å². The molecule has 0 spiro atoms. The van der Waals surface area contributed by atoms with E-state index >= 15 is 0 Å². The molecule has 2 saturated heterocycles. The predicted molar refractivity (Wildman–Crippen MR) is 78.5 cm³/mol. The number of piperazine rings is 1. The predicted octanol–water partition coefficient (Wildman–Crippen LogP) is -0.721. The number of aliphatic hydroxyl groups is 1. The highest BCUT2D eigenvalue weighted by Gasteiger charge is 2.23. The third-order valence-corrected chi connectivity index (χ3v) is 4.36. The van der Waals surface area contributed by atoms with E-state index < -0.39 is 0 Å². The van der Waals surface area contributed by atoms with E-state index in [9.17, 15) is 5.11 Å². The first-order valence-corrected chi connectivity index (χ1v) is 7.65. The maximum absolute atomic E-state index is 10.3. The van der Waals surface area contributed by atoms with Gasteiger partial charge < -0.3 is 15.3 Å². The third kappa shape index (κ3) is 5.00. The van der Waals surface area contributed by atoms with Crippen LogP contribution in [0.25, 0.3) is 0 Å². The zero-order valence-corrected chi connectivity index (χ0v) is 12.5. The van der Waals surface area contributed by atoms with Crippen molar-refractivity contribution in [1.29, 1.82) is 0 Å². The minimum atomic E-state index is -0.209. The summed E-state index contributed by atoms with van der Waals surface area (Å²) in [6.07, 6.45) is 2.33. The number of hydrogen-bond acceptors (Lipinski definition) is 5. The highest BCUT2D eigenvalue weighted by Crippen LogP contribution is 2.14. The molecular weight excluding hydrogens is 240 g/mol. The highest BCUT2D eigenvalue weighted by atomic mass is 16.3. The molecule has 2 fully saturated rings. The summed E-state index contributed by atoms with van der Waals surface area (Å²) in [5.74, 6) is 0. The minimum absolute atomic E-state index is 0.209. The van der Waals surface area contributed by atoms with Gasteiger partial charge in [0.15, 0.2) is 0 Å². The van der Waals surface area contributed by atoms with Crippen molar-refractivity contribution in [1.82, 2.24) is 20.0 Å². The normalized spacial score (nSPS) is 28.7. The summed E-state index contributed by atoms with van der Waals surface area (Å²) < 4.78 is 0. The van der Waals surface area contributed by atoms with Crippen LogP contribution in [0.5, 0.6) is 0 Å². The molecule has 112 valence electrons. The second-order valence-electron chi connectivity index (χ2n) is 6.22. The van der Waals surface area contributed by atoms with Crippen LogP contribution >= 0.6 is 0 Å². The first-order valence-electron chi connectivity index (χ1n) is 7.65. The van der Waals surface area contributed by atoms with Gasteiger partial charge in [0, 0.05) is 51.9 Å². The molecule has 2 aliphatic rings. The van der Waals surface area contributed by atoms with Crippen molar-refractivity contribution in [3.8, 4) is 0 Å². The van der Waals surface area contributed by atoms with Gasteiger partial charge in [-0.15, -0.1) is 0 Å². The van der Waals surface area contributed by atoms with E-state index in [2.05, 4.69) is 34.1 Å². The molecule has 2 heterocycles. The number of nitrogens with zero attached hydrogens (tertiary/aromatic N) is 3. The minimum Gasteiger partial charge on any atom is -0.390 e. The molecule has 0 aliphatic carbocycles. The third-order valence-electron chi connectivity index (χ3n) is 4.36. The molecule has 2 atom stereocenters. The van der Waals surface area contributed by atoms with Crippen LogP contribution in [-0.4, -0.2) is 98.4 Å². The Balaban J connectivity index is 1.70. The summed E-state index contributed by atoms with van der Waals surface area (Å²) in [5.41, 5.74) is 0. The van der Waals surface area contributed by atoms with Crippen LogP contribution in [0.15, 0.2) is 0 Å². The van der Waals surface area contributed by atoms with E-state index in [0.717, 1.165) is 52.4 Å². The van der Waals surface area contributed by atoms with E-state index in [-0.39, 0.29) is 6.10 Å². The zero-order valence-electron chi connectivity index (χ0n) is 12.5. The molecule has 2 aliphatic heterocycles. The van der Waals surface area contributed by atoms with Gasteiger partial charge in [-0.25, -0.2) is 0 Å². The summed E-state index contributed by atoms with van der Waals surface area (Å²) >= 11 is 0. The molecule has 0 saturated carbocycles. The number of likely N-dealkylation sites (N-methyl/N-ethyl adjacent to an activating group) is 1. The standard InChI is InChI=1S/C14H30N4O/c1-16(2)13-4-3-7-18(10-13)12-14(19)11-17-8-5-15-6-9-17/h13-15,19H,3-12H2,1-2H3. The van der Waals surface area contributed by atoms with E-state index in [1.807, 2.05) is 0 Å². The lowest BCUT2D eigenvalue weighted by atomic mass is 10.0. The lowest BCUT2D eigenvalue weighted by Gasteiger charge is -2.38. The average molecular weight is 270 g/mol. The van der Waals surface area contributed by atoms with E-state index in [4.69, 9.17) is 0 Å². The fourth-order valence-corrected chi connectivity index (χ4v) is 3.17. The highest BCUT2D eigenvalue weighted by molar-refractivity contribution is 4.80. The van der Waals surface area contributed by atoms with Gasteiger partial charge in [0.1, 0.15) is 0 Å². The van der Waals surface area contributed by atoms with Gasteiger partial charge in [0.05, 0.1) is 6.10 Å². The number of rotatable bonds is 5. The molecular formula is C14H30N4O. The largest absolute Gasteiger partial charge is 0.390 e. The van der Waals surface area contributed by atoms with Crippen LogP contribution in [0.3, 0.4) is 0 Å². The summed E-state index contributed by atoms with van der Waals surface area (Å²) in [6, 6.07) is 0.653. The maximum atomic E-state index is 10.3. The summed E-state index contributed by atoms with van der Waals surface area (Å²) in [7, 11) is 4.32. The Morgan fingerprint density at radius 3 is 2.53 bits per heavy atom. The molecule has 0 aromatic carbocycles. The van der Waals surface area contributed by atoms with Crippen molar-refractivity contribution in [3.63, 3.8) is 0 Å². The van der Waals surface area contributed by atoms with E-state index in [1.54, 1.807) is 0 Å². The van der Waals surface area contributed by atoms with Crippen molar-refractivity contribution < 1.29 is 5.11 Å². The fraction of sp³-hybridized carbons (Fsp3) is 1.00. The molecule has 2 rings (SSSR count). The van der Waals surface area contributed by atoms with Gasteiger partial charge in [0.2, 0.25) is 0 Å². The Kier molecular flexibility index (Phi) is 6.04. The van der Waals surface area contributed by atoms with Crippen LogP contribution in [0, 0.1) is 0 Å². The molecule has 19 heavy (non-hydrogen) atoms. The number of β-amino-alcohol motifs (C(OH)–C–C–N with tert-alkyl or cyclic N) is 1. The lowest BCUT2D eigenvalue weighted by molar-refractivity contribution is 0.0474. The molecule has 0 aromatic heterocycles. The number of likely N-dealkylation sites (tertiary alicyclic amines) is 1. The first-order chi connectivity index (χ1) is 9.15. The molecule has 5 heteroatoms. The lowest BCUT2D eigenvalue weighted by Crippen LogP contribution is -2.51. The summed E-state index contributed by atoms with van der Waals surface area (Å²) in [5, 5.41) is 13.6. The van der Waals surface area contributed by atoms with Crippen LogP contribution in [-0.2, 0) is 0 Å². The molecule has 2 N–H and O–H groups in total. The van der Waals surface area contributed by atoms with Crippen molar-refractivity contribution in [2.75, 3.05) is 66.5 Å². The number of nitrogens with one attached hydrogen (secondary N) is 1. The summed E-state index contributed by atoms with van der Waals surface area (Å²) in [4.78, 5) is 7.12. The first kappa shape index (κ1) is 15.2. The van der Waals surface area contributed by atoms with Crippen molar-refractivity contribution in [2.45, 2.75) is 25.0 Å². The average Bonchev–Trinajstić information content (AvgIpc) is 2.40. The quantitative estimate of drug-likeness (QED) is 0.690. The molecule has 5 nitrogen and oxygen atoms in total. The van der Waals surface area contributed by atoms with Gasteiger partial charge in [-0.05, 0) is 33.5 Å². The summed E-state index contributed by atoms with van der Waals surface area (Å²) in [6.45, 7) is 8.14. The van der Waals surface area contributed by atoms with Crippen molar-refractivity contribution >= 4 is 0 Å². The number of hydrogen-bond donors (Lipinski definition) is 2. The molecule has 0 bridgehead atoms. The molecule has 0 radical (unpaired) electrons. The Labute approximate surface area is 117 Å². The molecule has 0 aromatic rings. The Hall–Kier alpha value is -0.200. The smallest absolute Gasteiger partial charge is 0.0793 e. The second kappa shape index (κ2) is 7.55. The second-order valence-corrected chi connectivity index (χ2v) is 6.22. The van der Waals surface area contributed by atoms with Gasteiger partial charge in [-0.1, -0.05) is 0 Å². The van der Waals surface area contributed by atoms with Gasteiger partial charge >= 0.3 is 0 Å². The number of piperidine rings is 1. The van der Waals surface area contributed by atoms with Gasteiger partial charge in [-0.2, -0.15) is 0 Å². The van der Waals surface area contributed by atoms with Crippen LogP contribution in [0.2, 0.25) is 0 Å². The fourth-order valence-electron chi connectivity index (χ4n) is 3.17. The maximum Gasteiger partial charge on any atom is 0.0793 e. The Morgan fingerprint density at radius 1 is 1.16 bits per heavy atom. The van der Waals surface area contributed by atoms with Crippen LogP contribution in [0.4, 0.5) is 0 Å².